The van der Waals surface area contributed by atoms with Gasteiger partial charge in [-0.3, -0.25) is 0 Å². The minimum atomic E-state index is -0.645. The van der Waals surface area contributed by atoms with Crippen LogP contribution in [0, 0.1) is 5.92 Å². The van der Waals surface area contributed by atoms with Crippen LogP contribution in [-0.2, 0) is 4.74 Å². The number of alkyl halides is 1. The predicted molar refractivity (Wildman–Crippen MR) is 58.7 cm³/mol. The summed E-state index contributed by atoms with van der Waals surface area (Å²) < 4.78 is 19.3. The van der Waals surface area contributed by atoms with Crippen molar-refractivity contribution in [1.82, 2.24) is 5.32 Å². The van der Waals surface area contributed by atoms with Crippen molar-refractivity contribution in [1.29, 1.82) is 0 Å². The SMILES string of the molecule is FC(CC1CCOCC1)C1CCCCN1. The second kappa shape index (κ2) is 5.80. The van der Waals surface area contributed by atoms with Crippen molar-refractivity contribution in [2.45, 2.75) is 50.7 Å². The standard InChI is InChI=1S/C12H22FNO/c13-11(12-3-1-2-6-14-12)9-10-4-7-15-8-5-10/h10-12,14H,1-9H2. The number of ether oxygens (including phenoxy) is 1. The highest BCUT2D eigenvalue weighted by Crippen LogP contribution is 2.25. The van der Waals surface area contributed by atoms with Gasteiger partial charge in [0.15, 0.2) is 0 Å². The van der Waals surface area contributed by atoms with E-state index in [-0.39, 0.29) is 6.04 Å². The molecule has 0 saturated carbocycles. The molecular formula is C12H22FNO. The first-order valence-corrected chi connectivity index (χ1v) is 6.31. The van der Waals surface area contributed by atoms with E-state index < -0.39 is 6.17 Å². The maximum Gasteiger partial charge on any atom is 0.116 e. The van der Waals surface area contributed by atoms with Gasteiger partial charge in [0, 0.05) is 19.3 Å². The van der Waals surface area contributed by atoms with Crippen LogP contribution < -0.4 is 5.32 Å². The van der Waals surface area contributed by atoms with Gasteiger partial charge in [0.05, 0.1) is 0 Å². The Bertz CT molecular complexity index is 176. The minimum Gasteiger partial charge on any atom is -0.381 e. The molecule has 2 aliphatic heterocycles. The van der Waals surface area contributed by atoms with Gasteiger partial charge in [-0.15, -0.1) is 0 Å². The van der Waals surface area contributed by atoms with Gasteiger partial charge in [0.25, 0.3) is 0 Å². The number of nitrogens with one attached hydrogen (secondary N) is 1. The zero-order chi connectivity index (χ0) is 10.5. The molecule has 2 rings (SSSR count). The molecule has 0 spiro atoms. The maximum atomic E-state index is 14.0. The van der Waals surface area contributed by atoms with Crippen LogP contribution in [0.2, 0.25) is 0 Å². The van der Waals surface area contributed by atoms with Crippen molar-refractivity contribution >= 4 is 0 Å². The molecule has 2 aliphatic rings. The highest BCUT2D eigenvalue weighted by atomic mass is 19.1. The summed E-state index contributed by atoms with van der Waals surface area (Å²) in [5.41, 5.74) is 0. The van der Waals surface area contributed by atoms with Crippen molar-refractivity contribution in [3.63, 3.8) is 0 Å². The van der Waals surface area contributed by atoms with E-state index >= 15 is 0 Å². The predicted octanol–water partition coefficient (Wildman–Crippen LogP) is 2.28. The first-order valence-electron chi connectivity index (χ1n) is 6.31. The molecule has 2 atom stereocenters. The summed E-state index contributed by atoms with van der Waals surface area (Å²) in [6.45, 7) is 2.66. The van der Waals surface area contributed by atoms with Crippen LogP contribution >= 0.6 is 0 Å². The third kappa shape index (κ3) is 3.42. The fourth-order valence-corrected chi connectivity index (χ4v) is 2.65. The Labute approximate surface area is 91.6 Å². The third-order valence-electron chi connectivity index (χ3n) is 3.68. The third-order valence-corrected chi connectivity index (χ3v) is 3.68. The Kier molecular flexibility index (Phi) is 4.39. The molecule has 0 aliphatic carbocycles. The van der Waals surface area contributed by atoms with Gasteiger partial charge in [-0.25, -0.2) is 4.39 Å². The fourth-order valence-electron chi connectivity index (χ4n) is 2.65. The molecule has 0 bridgehead atoms. The molecule has 0 aromatic carbocycles. The van der Waals surface area contributed by atoms with Gasteiger partial charge in [-0.05, 0) is 44.6 Å². The average Bonchev–Trinajstić information content (AvgIpc) is 2.31. The first-order chi connectivity index (χ1) is 7.36. The highest BCUT2D eigenvalue weighted by Gasteiger charge is 2.26. The van der Waals surface area contributed by atoms with E-state index in [2.05, 4.69) is 5.32 Å². The quantitative estimate of drug-likeness (QED) is 0.780. The highest BCUT2D eigenvalue weighted by molar-refractivity contribution is 4.82. The number of hydrogen-bond acceptors (Lipinski definition) is 2. The van der Waals surface area contributed by atoms with E-state index in [1.807, 2.05) is 0 Å². The lowest BCUT2D eigenvalue weighted by Crippen LogP contribution is -2.42. The van der Waals surface area contributed by atoms with Gasteiger partial charge >= 0.3 is 0 Å². The molecule has 2 saturated heterocycles. The summed E-state index contributed by atoms with van der Waals surface area (Å²) in [6.07, 6.45) is 5.60. The van der Waals surface area contributed by atoms with Crippen molar-refractivity contribution < 1.29 is 9.13 Å². The Morgan fingerprint density at radius 2 is 2.00 bits per heavy atom. The molecule has 2 fully saturated rings. The number of rotatable bonds is 3. The Balaban J connectivity index is 1.72. The molecule has 2 unspecified atom stereocenters. The van der Waals surface area contributed by atoms with Gasteiger partial charge in [-0.1, -0.05) is 6.42 Å². The van der Waals surface area contributed by atoms with Gasteiger partial charge in [-0.2, -0.15) is 0 Å². The fraction of sp³-hybridized carbons (Fsp3) is 1.00. The summed E-state index contributed by atoms with van der Waals surface area (Å²) in [6, 6.07) is 0.126. The molecule has 2 heterocycles. The smallest absolute Gasteiger partial charge is 0.116 e. The van der Waals surface area contributed by atoms with Crippen molar-refractivity contribution in [2.24, 2.45) is 5.92 Å². The summed E-state index contributed by atoms with van der Waals surface area (Å²) >= 11 is 0. The van der Waals surface area contributed by atoms with E-state index in [1.54, 1.807) is 0 Å². The normalized spacial score (nSPS) is 31.4. The van der Waals surface area contributed by atoms with Crippen LogP contribution in [0.5, 0.6) is 0 Å². The Morgan fingerprint density at radius 1 is 1.20 bits per heavy atom. The second-order valence-corrected chi connectivity index (χ2v) is 4.86. The van der Waals surface area contributed by atoms with Gasteiger partial charge in [0.2, 0.25) is 0 Å². The largest absolute Gasteiger partial charge is 0.381 e. The summed E-state index contributed by atoms with van der Waals surface area (Å²) in [5, 5.41) is 3.30. The molecular weight excluding hydrogens is 193 g/mol. The topological polar surface area (TPSA) is 21.3 Å². The van der Waals surface area contributed by atoms with Gasteiger partial charge in [0.1, 0.15) is 6.17 Å². The van der Waals surface area contributed by atoms with Crippen LogP contribution in [0.1, 0.15) is 38.5 Å². The molecule has 0 amide bonds. The maximum absolute atomic E-state index is 14.0. The number of piperidine rings is 1. The second-order valence-electron chi connectivity index (χ2n) is 4.86. The van der Waals surface area contributed by atoms with E-state index in [1.165, 1.54) is 12.8 Å². The Morgan fingerprint density at radius 3 is 2.67 bits per heavy atom. The van der Waals surface area contributed by atoms with Crippen molar-refractivity contribution in [3.8, 4) is 0 Å². The van der Waals surface area contributed by atoms with Crippen LogP contribution in [0.3, 0.4) is 0 Å². The molecule has 0 radical (unpaired) electrons. The van der Waals surface area contributed by atoms with Crippen LogP contribution in [-0.4, -0.2) is 32.0 Å². The van der Waals surface area contributed by atoms with E-state index in [4.69, 9.17) is 4.74 Å². The molecule has 0 aromatic rings. The van der Waals surface area contributed by atoms with Crippen molar-refractivity contribution in [3.05, 3.63) is 0 Å². The van der Waals surface area contributed by atoms with Crippen molar-refractivity contribution in [2.75, 3.05) is 19.8 Å². The molecule has 0 aromatic heterocycles. The lowest BCUT2D eigenvalue weighted by molar-refractivity contribution is 0.0506. The summed E-state index contributed by atoms with van der Waals surface area (Å²) in [5.74, 6) is 0.553. The molecule has 3 heteroatoms. The number of halogens is 1. The van der Waals surface area contributed by atoms with E-state index in [0.29, 0.717) is 5.92 Å². The van der Waals surface area contributed by atoms with E-state index in [9.17, 15) is 4.39 Å². The summed E-state index contributed by atoms with van der Waals surface area (Å²) in [4.78, 5) is 0. The molecule has 15 heavy (non-hydrogen) atoms. The molecule has 1 N–H and O–H groups in total. The zero-order valence-electron chi connectivity index (χ0n) is 9.38. The zero-order valence-corrected chi connectivity index (χ0v) is 9.38. The van der Waals surface area contributed by atoms with Crippen LogP contribution in [0.4, 0.5) is 4.39 Å². The minimum absolute atomic E-state index is 0.126. The number of hydrogen-bond donors (Lipinski definition) is 1. The van der Waals surface area contributed by atoms with Crippen LogP contribution in [0.15, 0.2) is 0 Å². The van der Waals surface area contributed by atoms with Gasteiger partial charge < -0.3 is 10.1 Å². The average molecular weight is 215 g/mol. The Hall–Kier alpha value is -0.150. The molecule has 2 nitrogen and oxygen atoms in total. The van der Waals surface area contributed by atoms with Crippen LogP contribution in [0.25, 0.3) is 0 Å². The first kappa shape index (κ1) is 11.3. The lowest BCUT2D eigenvalue weighted by atomic mass is 9.89. The van der Waals surface area contributed by atoms with E-state index in [0.717, 1.165) is 45.4 Å². The lowest BCUT2D eigenvalue weighted by Gasteiger charge is -2.30. The monoisotopic (exact) mass is 215 g/mol. The summed E-state index contributed by atoms with van der Waals surface area (Å²) in [7, 11) is 0. The molecule has 88 valence electrons.